The second-order valence-corrected chi connectivity index (χ2v) is 5.09. The summed E-state index contributed by atoms with van der Waals surface area (Å²) in [5.41, 5.74) is 0. The summed E-state index contributed by atoms with van der Waals surface area (Å²) in [5, 5.41) is 0.484. The molecule has 0 nitrogen and oxygen atoms in total. The topological polar surface area (TPSA) is 0 Å². The molecular formula is C11H21Cl. The number of rotatable bonds is 3. The van der Waals surface area contributed by atoms with Gasteiger partial charge in [0.2, 0.25) is 0 Å². The fourth-order valence-electron chi connectivity index (χ4n) is 2.04. The SMILES string of the molecule is CC(C)CCC1CCCCC1Cl. The van der Waals surface area contributed by atoms with Crippen molar-refractivity contribution in [3.63, 3.8) is 0 Å². The number of halogens is 1. The predicted octanol–water partition coefficient (Wildman–Crippen LogP) is 4.22. The molecule has 1 heteroatoms. The lowest BCUT2D eigenvalue weighted by atomic mass is 9.84. The standard InChI is InChI=1S/C11H21Cl/c1-9(2)7-8-10-5-3-4-6-11(10)12/h9-11H,3-8H2,1-2H3. The van der Waals surface area contributed by atoms with Crippen LogP contribution in [0.1, 0.15) is 52.4 Å². The van der Waals surface area contributed by atoms with Gasteiger partial charge in [-0.25, -0.2) is 0 Å². The summed E-state index contributed by atoms with van der Waals surface area (Å²) in [7, 11) is 0. The van der Waals surface area contributed by atoms with Crippen molar-refractivity contribution in [1.82, 2.24) is 0 Å². The van der Waals surface area contributed by atoms with Gasteiger partial charge in [-0.3, -0.25) is 0 Å². The molecule has 0 saturated heterocycles. The maximum Gasteiger partial charge on any atom is 0.0364 e. The molecule has 1 aliphatic carbocycles. The van der Waals surface area contributed by atoms with Crippen molar-refractivity contribution in [2.45, 2.75) is 57.7 Å². The van der Waals surface area contributed by atoms with E-state index in [0.717, 1.165) is 11.8 Å². The first-order valence-corrected chi connectivity index (χ1v) is 5.78. The minimum absolute atomic E-state index is 0.484. The van der Waals surface area contributed by atoms with Gasteiger partial charge in [0.1, 0.15) is 0 Å². The van der Waals surface area contributed by atoms with Gasteiger partial charge in [0, 0.05) is 5.38 Å². The molecule has 0 amide bonds. The zero-order chi connectivity index (χ0) is 8.97. The van der Waals surface area contributed by atoms with Crippen LogP contribution in [0.2, 0.25) is 0 Å². The molecule has 1 aliphatic rings. The van der Waals surface area contributed by atoms with Gasteiger partial charge in [-0.2, -0.15) is 0 Å². The lowest BCUT2D eigenvalue weighted by molar-refractivity contribution is 0.323. The first kappa shape index (κ1) is 10.4. The molecule has 0 aromatic heterocycles. The van der Waals surface area contributed by atoms with Crippen molar-refractivity contribution in [3.05, 3.63) is 0 Å². The van der Waals surface area contributed by atoms with Crippen molar-refractivity contribution in [3.8, 4) is 0 Å². The minimum Gasteiger partial charge on any atom is -0.123 e. The highest BCUT2D eigenvalue weighted by Crippen LogP contribution is 2.32. The molecule has 0 aromatic carbocycles. The molecule has 0 radical (unpaired) electrons. The van der Waals surface area contributed by atoms with E-state index in [1.165, 1.54) is 38.5 Å². The van der Waals surface area contributed by atoms with Gasteiger partial charge in [-0.15, -0.1) is 11.6 Å². The average Bonchev–Trinajstić information content (AvgIpc) is 2.03. The Labute approximate surface area is 81.7 Å². The lowest BCUT2D eigenvalue weighted by Gasteiger charge is -2.27. The van der Waals surface area contributed by atoms with E-state index in [1.807, 2.05) is 0 Å². The molecule has 1 rings (SSSR count). The largest absolute Gasteiger partial charge is 0.123 e. The van der Waals surface area contributed by atoms with Crippen LogP contribution in [0.5, 0.6) is 0 Å². The number of hydrogen-bond donors (Lipinski definition) is 0. The summed E-state index contributed by atoms with van der Waals surface area (Å²) in [4.78, 5) is 0. The van der Waals surface area contributed by atoms with E-state index in [4.69, 9.17) is 11.6 Å². The maximum atomic E-state index is 6.27. The van der Waals surface area contributed by atoms with E-state index in [1.54, 1.807) is 0 Å². The van der Waals surface area contributed by atoms with Gasteiger partial charge in [-0.05, 0) is 31.1 Å². The van der Waals surface area contributed by atoms with Crippen LogP contribution in [0.4, 0.5) is 0 Å². The Kier molecular flexibility index (Phi) is 4.42. The van der Waals surface area contributed by atoms with Gasteiger partial charge in [-0.1, -0.05) is 33.1 Å². The van der Waals surface area contributed by atoms with Crippen LogP contribution in [0.15, 0.2) is 0 Å². The summed E-state index contributed by atoms with van der Waals surface area (Å²) < 4.78 is 0. The molecule has 0 aromatic rings. The fourth-order valence-corrected chi connectivity index (χ4v) is 2.44. The van der Waals surface area contributed by atoms with E-state index in [-0.39, 0.29) is 0 Å². The molecule has 2 atom stereocenters. The van der Waals surface area contributed by atoms with E-state index in [9.17, 15) is 0 Å². The van der Waals surface area contributed by atoms with Crippen LogP contribution in [0, 0.1) is 11.8 Å². The highest BCUT2D eigenvalue weighted by molar-refractivity contribution is 6.20. The van der Waals surface area contributed by atoms with Gasteiger partial charge in [0.05, 0.1) is 0 Å². The smallest absolute Gasteiger partial charge is 0.0364 e. The Balaban J connectivity index is 2.20. The van der Waals surface area contributed by atoms with Crippen LogP contribution in [-0.4, -0.2) is 5.38 Å². The third-order valence-electron chi connectivity index (χ3n) is 2.93. The second kappa shape index (κ2) is 5.11. The van der Waals surface area contributed by atoms with E-state index in [0.29, 0.717) is 5.38 Å². The van der Waals surface area contributed by atoms with Gasteiger partial charge >= 0.3 is 0 Å². The van der Waals surface area contributed by atoms with Crippen LogP contribution >= 0.6 is 11.6 Å². The van der Waals surface area contributed by atoms with Crippen molar-refractivity contribution < 1.29 is 0 Å². The Hall–Kier alpha value is 0.290. The maximum absolute atomic E-state index is 6.27. The van der Waals surface area contributed by atoms with E-state index >= 15 is 0 Å². The molecule has 0 spiro atoms. The third kappa shape index (κ3) is 3.35. The van der Waals surface area contributed by atoms with Gasteiger partial charge in [0.15, 0.2) is 0 Å². The Morgan fingerprint density at radius 3 is 2.50 bits per heavy atom. The minimum atomic E-state index is 0.484. The number of hydrogen-bond acceptors (Lipinski definition) is 0. The Morgan fingerprint density at radius 1 is 1.25 bits per heavy atom. The van der Waals surface area contributed by atoms with E-state index in [2.05, 4.69) is 13.8 Å². The van der Waals surface area contributed by atoms with Crippen molar-refractivity contribution in [2.24, 2.45) is 11.8 Å². The normalized spacial score (nSPS) is 31.0. The Morgan fingerprint density at radius 2 is 1.92 bits per heavy atom. The summed E-state index contributed by atoms with van der Waals surface area (Å²) in [6.45, 7) is 4.60. The quantitative estimate of drug-likeness (QED) is 0.582. The monoisotopic (exact) mass is 188 g/mol. The molecule has 12 heavy (non-hydrogen) atoms. The third-order valence-corrected chi connectivity index (χ3v) is 3.51. The predicted molar refractivity (Wildman–Crippen MR) is 55.7 cm³/mol. The van der Waals surface area contributed by atoms with Gasteiger partial charge in [0.25, 0.3) is 0 Å². The highest BCUT2D eigenvalue weighted by Gasteiger charge is 2.22. The van der Waals surface area contributed by atoms with Crippen molar-refractivity contribution in [1.29, 1.82) is 0 Å². The van der Waals surface area contributed by atoms with Gasteiger partial charge < -0.3 is 0 Å². The Bertz CT molecular complexity index is 120. The van der Waals surface area contributed by atoms with Crippen LogP contribution in [-0.2, 0) is 0 Å². The first-order valence-electron chi connectivity index (χ1n) is 5.34. The molecule has 0 bridgehead atoms. The summed E-state index contributed by atoms with van der Waals surface area (Å²) in [5.74, 6) is 1.67. The fraction of sp³-hybridized carbons (Fsp3) is 1.00. The van der Waals surface area contributed by atoms with Crippen molar-refractivity contribution >= 4 is 11.6 Å². The molecule has 72 valence electrons. The summed E-state index contributed by atoms with van der Waals surface area (Å²) in [6.07, 6.45) is 8.10. The first-order chi connectivity index (χ1) is 5.70. The van der Waals surface area contributed by atoms with Crippen LogP contribution in [0.25, 0.3) is 0 Å². The van der Waals surface area contributed by atoms with Crippen LogP contribution in [0.3, 0.4) is 0 Å². The molecule has 0 aliphatic heterocycles. The molecule has 0 N–H and O–H groups in total. The molecular weight excluding hydrogens is 168 g/mol. The lowest BCUT2D eigenvalue weighted by Crippen LogP contribution is -2.19. The zero-order valence-electron chi connectivity index (χ0n) is 8.35. The summed E-state index contributed by atoms with van der Waals surface area (Å²) in [6, 6.07) is 0. The highest BCUT2D eigenvalue weighted by atomic mass is 35.5. The number of alkyl halides is 1. The molecule has 1 fully saturated rings. The molecule has 2 unspecified atom stereocenters. The van der Waals surface area contributed by atoms with Crippen molar-refractivity contribution in [2.75, 3.05) is 0 Å². The second-order valence-electron chi connectivity index (χ2n) is 4.53. The average molecular weight is 189 g/mol. The van der Waals surface area contributed by atoms with E-state index < -0.39 is 0 Å². The zero-order valence-corrected chi connectivity index (χ0v) is 9.11. The molecule has 1 saturated carbocycles. The summed E-state index contributed by atoms with van der Waals surface area (Å²) >= 11 is 6.27. The molecule has 0 heterocycles. The van der Waals surface area contributed by atoms with Crippen LogP contribution < -0.4 is 0 Å².